The molecule has 2 atom stereocenters. The molecule has 16 heavy (non-hydrogen) atoms. The normalized spacial score (nSPS) is 15.5. The third-order valence-corrected chi connectivity index (χ3v) is 3.17. The molecule has 6 heteroatoms. The molecule has 0 aliphatic carbocycles. The first-order valence-electron chi connectivity index (χ1n) is 5.39. The second-order valence-electron chi connectivity index (χ2n) is 4.18. The van der Waals surface area contributed by atoms with Gasteiger partial charge in [0.05, 0.1) is 11.9 Å². The number of amides is 1. The molecule has 0 heterocycles. The van der Waals surface area contributed by atoms with E-state index in [1.54, 1.807) is 0 Å². The number of aliphatic hydroxyl groups is 1. The van der Waals surface area contributed by atoms with Crippen LogP contribution in [0.4, 0.5) is 0 Å². The predicted molar refractivity (Wildman–Crippen MR) is 62.8 cm³/mol. The van der Waals surface area contributed by atoms with Gasteiger partial charge >= 0.3 is 0 Å². The van der Waals surface area contributed by atoms with Crippen LogP contribution in [0.3, 0.4) is 0 Å². The van der Waals surface area contributed by atoms with Gasteiger partial charge < -0.3 is 10.4 Å². The third kappa shape index (κ3) is 7.64. The van der Waals surface area contributed by atoms with E-state index in [0.717, 1.165) is 19.1 Å². The SMILES string of the molecule is CCCC(C)C(=O)NCC(O)CS(C)(=O)=O. The van der Waals surface area contributed by atoms with Crippen molar-refractivity contribution in [3.63, 3.8) is 0 Å². The zero-order valence-corrected chi connectivity index (χ0v) is 10.9. The Morgan fingerprint density at radius 1 is 1.44 bits per heavy atom. The number of carbonyl (C=O) groups excluding carboxylic acids is 1. The van der Waals surface area contributed by atoms with Gasteiger partial charge in [-0.3, -0.25) is 4.79 Å². The van der Waals surface area contributed by atoms with E-state index in [-0.39, 0.29) is 24.1 Å². The molecule has 96 valence electrons. The molecule has 0 aliphatic rings. The van der Waals surface area contributed by atoms with E-state index >= 15 is 0 Å². The molecule has 5 nitrogen and oxygen atoms in total. The van der Waals surface area contributed by atoms with Crippen molar-refractivity contribution in [2.45, 2.75) is 32.8 Å². The highest BCUT2D eigenvalue weighted by Crippen LogP contribution is 2.04. The van der Waals surface area contributed by atoms with Gasteiger partial charge in [-0.2, -0.15) is 0 Å². The van der Waals surface area contributed by atoms with Crippen molar-refractivity contribution in [3.05, 3.63) is 0 Å². The molecule has 0 saturated carbocycles. The zero-order chi connectivity index (χ0) is 12.8. The van der Waals surface area contributed by atoms with Gasteiger partial charge in [0.15, 0.2) is 0 Å². The number of aliphatic hydroxyl groups excluding tert-OH is 1. The van der Waals surface area contributed by atoms with Crippen LogP contribution in [0.2, 0.25) is 0 Å². The van der Waals surface area contributed by atoms with Gasteiger partial charge in [0, 0.05) is 18.7 Å². The van der Waals surface area contributed by atoms with Crippen LogP contribution in [-0.2, 0) is 14.6 Å². The lowest BCUT2D eigenvalue weighted by atomic mass is 10.1. The Kier molecular flexibility index (Phi) is 6.59. The van der Waals surface area contributed by atoms with Crippen molar-refractivity contribution in [2.75, 3.05) is 18.6 Å². The third-order valence-electron chi connectivity index (χ3n) is 2.18. The average Bonchev–Trinajstić information content (AvgIpc) is 2.11. The van der Waals surface area contributed by atoms with Crippen molar-refractivity contribution in [3.8, 4) is 0 Å². The summed E-state index contributed by atoms with van der Waals surface area (Å²) in [6, 6.07) is 0. The van der Waals surface area contributed by atoms with E-state index < -0.39 is 15.9 Å². The van der Waals surface area contributed by atoms with Gasteiger partial charge in [0.25, 0.3) is 0 Å². The summed E-state index contributed by atoms with van der Waals surface area (Å²) in [5, 5.41) is 11.9. The molecular formula is C10H21NO4S. The van der Waals surface area contributed by atoms with Crippen LogP contribution < -0.4 is 5.32 Å². The maximum atomic E-state index is 11.4. The fourth-order valence-electron chi connectivity index (χ4n) is 1.37. The number of rotatable bonds is 7. The van der Waals surface area contributed by atoms with Crippen molar-refractivity contribution >= 4 is 15.7 Å². The first-order chi connectivity index (χ1) is 7.26. The fourth-order valence-corrected chi connectivity index (χ4v) is 2.18. The Morgan fingerprint density at radius 2 is 2.00 bits per heavy atom. The second-order valence-corrected chi connectivity index (χ2v) is 6.37. The second kappa shape index (κ2) is 6.85. The van der Waals surface area contributed by atoms with E-state index in [9.17, 15) is 18.3 Å². The lowest BCUT2D eigenvalue weighted by Crippen LogP contribution is -2.38. The minimum atomic E-state index is -3.20. The van der Waals surface area contributed by atoms with Gasteiger partial charge in [0.1, 0.15) is 9.84 Å². The van der Waals surface area contributed by atoms with Crippen LogP contribution in [0.15, 0.2) is 0 Å². The summed E-state index contributed by atoms with van der Waals surface area (Å²) >= 11 is 0. The summed E-state index contributed by atoms with van der Waals surface area (Å²) in [7, 11) is -3.20. The van der Waals surface area contributed by atoms with E-state index in [0.29, 0.717) is 0 Å². The molecular weight excluding hydrogens is 230 g/mol. The molecule has 0 fully saturated rings. The summed E-state index contributed by atoms with van der Waals surface area (Å²) in [4.78, 5) is 11.4. The van der Waals surface area contributed by atoms with Crippen LogP contribution in [0.1, 0.15) is 26.7 Å². The molecule has 0 radical (unpaired) electrons. The van der Waals surface area contributed by atoms with Crippen molar-refractivity contribution in [2.24, 2.45) is 5.92 Å². The van der Waals surface area contributed by atoms with Gasteiger partial charge in [-0.1, -0.05) is 20.3 Å². The molecule has 0 spiro atoms. The molecule has 0 aliphatic heterocycles. The summed E-state index contributed by atoms with van der Waals surface area (Å²) in [6.45, 7) is 3.78. The summed E-state index contributed by atoms with van der Waals surface area (Å²) in [6.07, 6.45) is 1.72. The molecule has 0 rings (SSSR count). The van der Waals surface area contributed by atoms with Gasteiger partial charge in [-0.15, -0.1) is 0 Å². The number of hydrogen-bond acceptors (Lipinski definition) is 4. The number of nitrogens with one attached hydrogen (secondary N) is 1. The van der Waals surface area contributed by atoms with Crippen molar-refractivity contribution < 1.29 is 18.3 Å². The van der Waals surface area contributed by atoms with Crippen LogP contribution in [-0.4, -0.2) is 44.1 Å². The molecule has 0 bridgehead atoms. The Labute approximate surface area is 97.2 Å². The van der Waals surface area contributed by atoms with Crippen LogP contribution in [0, 0.1) is 5.92 Å². The van der Waals surface area contributed by atoms with Crippen LogP contribution >= 0.6 is 0 Å². The quantitative estimate of drug-likeness (QED) is 0.664. The van der Waals surface area contributed by atoms with Gasteiger partial charge in [-0.25, -0.2) is 8.42 Å². The lowest BCUT2D eigenvalue weighted by Gasteiger charge is -2.14. The predicted octanol–water partition coefficient (Wildman–Crippen LogP) is -0.0557. The Balaban J connectivity index is 3.92. The number of hydrogen-bond donors (Lipinski definition) is 2. The highest BCUT2D eigenvalue weighted by molar-refractivity contribution is 7.90. The van der Waals surface area contributed by atoms with Crippen LogP contribution in [0.5, 0.6) is 0 Å². The zero-order valence-electron chi connectivity index (χ0n) is 10.1. The monoisotopic (exact) mass is 251 g/mol. The Hall–Kier alpha value is -0.620. The fraction of sp³-hybridized carbons (Fsp3) is 0.900. The number of carbonyl (C=O) groups is 1. The Morgan fingerprint density at radius 3 is 2.44 bits per heavy atom. The molecule has 2 N–H and O–H groups in total. The maximum Gasteiger partial charge on any atom is 0.222 e. The number of sulfone groups is 1. The smallest absolute Gasteiger partial charge is 0.222 e. The maximum absolute atomic E-state index is 11.4. The molecule has 0 aromatic carbocycles. The molecule has 0 aromatic heterocycles. The molecule has 0 aromatic rings. The minimum Gasteiger partial charge on any atom is -0.390 e. The Bertz CT molecular complexity index is 313. The minimum absolute atomic E-state index is 0.0139. The molecule has 2 unspecified atom stereocenters. The van der Waals surface area contributed by atoms with Gasteiger partial charge in [-0.05, 0) is 6.42 Å². The lowest BCUT2D eigenvalue weighted by molar-refractivity contribution is -0.125. The van der Waals surface area contributed by atoms with E-state index in [1.807, 2.05) is 13.8 Å². The highest BCUT2D eigenvalue weighted by atomic mass is 32.2. The van der Waals surface area contributed by atoms with Gasteiger partial charge in [0.2, 0.25) is 5.91 Å². The van der Waals surface area contributed by atoms with E-state index in [2.05, 4.69) is 5.32 Å². The van der Waals surface area contributed by atoms with Crippen LogP contribution in [0.25, 0.3) is 0 Å². The standard InChI is InChI=1S/C10H21NO4S/c1-4-5-8(2)10(13)11-6-9(12)7-16(3,14)15/h8-9,12H,4-7H2,1-3H3,(H,11,13). The largest absolute Gasteiger partial charge is 0.390 e. The van der Waals surface area contributed by atoms with E-state index in [4.69, 9.17) is 0 Å². The molecule has 1 amide bonds. The van der Waals surface area contributed by atoms with E-state index in [1.165, 1.54) is 0 Å². The highest BCUT2D eigenvalue weighted by Gasteiger charge is 2.16. The first kappa shape index (κ1) is 15.4. The summed E-state index contributed by atoms with van der Waals surface area (Å²) in [5.74, 6) is -0.569. The van der Waals surface area contributed by atoms with Crippen molar-refractivity contribution in [1.82, 2.24) is 5.32 Å². The molecule has 0 saturated heterocycles. The van der Waals surface area contributed by atoms with Crippen molar-refractivity contribution in [1.29, 1.82) is 0 Å². The topological polar surface area (TPSA) is 83.5 Å². The first-order valence-corrected chi connectivity index (χ1v) is 7.45. The summed E-state index contributed by atoms with van der Waals surface area (Å²) in [5.41, 5.74) is 0. The summed E-state index contributed by atoms with van der Waals surface area (Å²) < 4.78 is 21.7. The average molecular weight is 251 g/mol.